The number of aryl methyl sites for hydroxylation is 1. The highest BCUT2D eigenvalue weighted by molar-refractivity contribution is 7.80. The maximum absolute atomic E-state index is 6.16. The molecule has 6 heteroatoms. The lowest BCUT2D eigenvalue weighted by atomic mass is 9.89. The van der Waals surface area contributed by atoms with Crippen LogP contribution >= 0.6 is 12.2 Å². The molecule has 0 saturated heterocycles. The molecule has 2 aliphatic rings. The number of hydrogen-bond donors (Lipinski definition) is 2. The first-order chi connectivity index (χ1) is 8.68. The van der Waals surface area contributed by atoms with Crippen molar-refractivity contribution < 1.29 is 4.74 Å². The Morgan fingerprint density at radius 3 is 3.22 bits per heavy atom. The Labute approximate surface area is 108 Å². The fourth-order valence-corrected chi connectivity index (χ4v) is 3.07. The largest absolute Gasteiger partial charge is 0.425 e. The molecule has 4 heterocycles. The van der Waals surface area contributed by atoms with Gasteiger partial charge in [-0.25, -0.2) is 0 Å². The normalized spacial score (nSPS) is 20.5. The second-order valence-electron chi connectivity index (χ2n) is 4.49. The molecule has 0 spiro atoms. The van der Waals surface area contributed by atoms with Crippen LogP contribution in [-0.2, 0) is 0 Å². The summed E-state index contributed by atoms with van der Waals surface area (Å²) in [6, 6.07) is 4.03. The van der Waals surface area contributed by atoms with Crippen molar-refractivity contribution in [3.05, 3.63) is 40.9 Å². The predicted molar refractivity (Wildman–Crippen MR) is 70.2 cm³/mol. The van der Waals surface area contributed by atoms with E-state index in [1.54, 1.807) is 0 Å². The first kappa shape index (κ1) is 9.90. The second kappa shape index (κ2) is 3.02. The number of aromatic nitrogens is 3. The Kier molecular flexibility index (Phi) is 1.66. The van der Waals surface area contributed by atoms with Gasteiger partial charge in [-0.2, -0.15) is 0 Å². The van der Waals surface area contributed by atoms with Gasteiger partial charge in [0.15, 0.2) is 0 Å². The van der Waals surface area contributed by atoms with Gasteiger partial charge in [0.2, 0.25) is 10.9 Å². The van der Waals surface area contributed by atoms with Crippen molar-refractivity contribution in [1.82, 2.24) is 14.8 Å². The van der Waals surface area contributed by atoms with Gasteiger partial charge in [-0.1, -0.05) is 0 Å². The van der Waals surface area contributed by atoms with Gasteiger partial charge in [0.25, 0.3) is 0 Å². The van der Waals surface area contributed by atoms with Crippen molar-refractivity contribution in [1.29, 1.82) is 0 Å². The zero-order valence-electron chi connectivity index (χ0n) is 9.60. The summed E-state index contributed by atoms with van der Waals surface area (Å²) in [5, 5.41) is 7.50. The summed E-state index contributed by atoms with van der Waals surface area (Å²) < 4.78 is 7.53. The first-order valence-corrected chi connectivity index (χ1v) is 6.03. The van der Waals surface area contributed by atoms with Crippen molar-refractivity contribution in [3.63, 3.8) is 0 Å². The molecule has 90 valence electrons. The van der Waals surface area contributed by atoms with Crippen molar-refractivity contribution in [2.75, 3.05) is 0 Å². The molecule has 2 aliphatic heterocycles. The molecule has 0 aromatic carbocycles. The average molecular weight is 258 g/mol. The smallest absolute Gasteiger partial charge is 0.243 e. The van der Waals surface area contributed by atoms with Gasteiger partial charge in [0, 0.05) is 17.6 Å². The van der Waals surface area contributed by atoms with Gasteiger partial charge in [0.05, 0.1) is 17.1 Å². The van der Waals surface area contributed by atoms with Crippen LogP contribution in [0.1, 0.15) is 22.9 Å². The molecule has 0 radical (unpaired) electrons. The summed E-state index contributed by atoms with van der Waals surface area (Å²) in [7, 11) is 0. The monoisotopic (exact) mass is 258 g/mol. The summed E-state index contributed by atoms with van der Waals surface area (Å²) in [6.07, 6.45) is 1.94. The lowest BCUT2D eigenvalue weighted by molar-refractivity contribution is 0.513. The van der Waals surface area contributed by atoms with Crippen LogP contribution in [0, 0.1) is 6.92 Å². The van der Waals surface area contributed by atoms with E-state index in [1.165, 1.54) is 0 Å². The van der Waals surface area contributed by atoms with E-state index < -0.39 is 0 Å². The Bertz CT molecular complexity index is 724. The lowest BCUT2D eigenvalue weighted by Gasteiger charge is -2.21. The number of thiocarbonyl (C=S) groups is 1. The Morgan fingerprint density at radius 2 is 2.39 bits per heavy atom. The predicted octanol–water partition coefficient (Wildman–Crippen LogP) is 1.51. The standard InChI is InChI=1S/C12H10N4OS/c1-5-7-8-6-3-2-4-16(6)10(13)9(8)12(18)17-11(7)15-14-5/h2-4,8H,13H2,1H3,(H,14,15). The topological polar surface area (TPSA) is 68.9 Å². The third-order valence-electron chi connectivity index (χ3n) is 3.56. The van der Waals surface area contributed by atoms with E-state index in [0.29, 0.717) is 16.8 Å². The van der Waals surface area contributed by atoms with Crippen LogP contribution < -0.4 is 10.5 Å². The van der Waals surface area contributed by atoms with Gasteiger partial charge in [-0.15, -0.1) is 5.10 Å². The maximum atomic E-state index is 6.16. The fourth-order valence-electron chi connectivity index (χ4n) is 2.76. The number of hydrogen-bond acceptors (Lipinski definition) is 4. The number of H-pyrrole nitrogens is 1. The highest BCUT2D eigenvalue weighted by atomic mass is 32.1. The Balaban J connectivity index is 2.08. The molecule has 2 aromatic heterocycles. The third-order valence-corrected chi connectivity index (χ3v) is 3.86. The number of fused-ring (bicyclic) bond motifs is 5. The molecule has 3 N–H and O–H groups in total. The molecule has 18 heavy (non-hydrogen) atoms. The molecule has 4 rings (SSSR count). The minimum absolute atomic E-state index is 0.0370. The van der Waals surface area contributed by atoms with Gasteiger partial charge in [-0.3, -0.25) is 5.10 Å². The number of ether oxygens (including phenoxy) is 1. The SMILES string of the molecule is Cc1[nH]nc2c1C1C(=C(N)n3cccc31)C(=S)O2. The van der Waals surface area contributed by atoms with E-state index in [1.807, 2.05) is 23.8 Å². The maximum Gasteiger partial charge on any atom is 0.243 e. The van der Waals surface area contributed by atoms with E-state index in [9.17, 15) is 0 Å². The lowest BCUT2D eigenvalue weighted by Crippen LogP contribution is -2.22. The zero-order valence-corrected chi connectivity index (χ0v) is 10.4. The summed E-state index contributed by atoms with van der Waals surface area (Å²) in [5.41, 5.74) is 10.1. The van der Waals surface area contributed by atoms with Gasteiger partial charge >= 0.3 is 0 Å². The molecule has 0 aliphatic carbocycles. The number of nitrogens with one attached hydrogen (secondary N) is 1. The van der Waals surface area contributed by atoms with E-state index in [0.717, 1.165) is 22.5 Å². The highest BCUT2D eigenvalue weighted by Crippen LogP contribution is 2.47. The number of nitrogens with two attached hydrogens (primary N) is 1. The molecule has 5 nitrogen and oxygen atoms in total. The second-order valence-corrected chi connectivity index (χ2v) is 4.86. The number of rotatable bonds is 0. The third kappa shape index (κ3) is 0.971. The summed E-state index contributed by atoms with van der Waals surface area (Å²) >= 11 is 5.29. The molecule has 0 saturated carbocycles. The molecule has 0 fully saturated rings. The molecule has 2 aromatic rings. The Morgan fingerprint density at radius 1 is 1.56 bits per heavy atom. The molecule has 1 atom stereocenters. The van der Waals surface area contributed by atoms with Crippen molar-refractivity contribution in [2.24, 2.45) is 5.73 Å². The van der Waals surface area contributed by atoms with Crippen LogP contribution in [0.2, 0.25) is 0 Å². The van der Waals surface area contributed by atoms with Crippen molar-refractivity contribution in [2.45, 2.75) is 12.8 Å². The van der Waals surface area contributed by atoms with Crippen LogP contribution in [0.5, 0.6) is 5.88 Å². The summed E-state index contributed by atoms with van der Waals surface area (Å²) in [5.74, 6) is 1.25. The van der Waals surface area contributed by atoms with Crippen molar-refractivity contribution >= 4 is 23.1 Å². The van der Waals surface area contributed by atoms with Crippen LogP contribution in [0.4, 0.5) is 0 Å². The van der Waals surface area contributed by atoms with E-state index >= 15 is 0 Å². The highest BCUT2D eigenvalue weighted by Gasteiger charge is 2.42. The number of aromatic amines is 1. The molecule has 0 bridgehead atoms. The molecule has 1 unspecified atom stereocenters. The fraction of sp³-hybridized carbons (Fsp3) is 0.167. The van der Waals surface area contributed by atoms with Gasteiger partial charge in [-0.05, 0) is 31.3 Å². The van der Waals surface area contributed by atoms with E-state index in [-0.39, 0.29) is 5.92 Å². The van der Waals surface area contributed by atoms with Gasteiger partial charge in [0.1, 0.15) is 5.82 Å². The van der Waals surface area contributed by atoms with Crippen LogP contribution in [0.25, 0.3) is 5.82 Å². The zero-order chi connectivity index (χ0) is 12.4. The minimum Gasteiger partial charge on any atom is -0.425 e. The van der Waals surface area contributed by atoms with Gasteiger partial charge < -0.3 is 15.0 Å². The molecular weight excluding hydrogens is 248 g/mol. The molecule has 0 amide bonds. The van der Waals surface area contributed by atoms with Crippen LogP contribution in [0.15, 0.2) is 23.9 Å². The Hall–Kier alpha value is -2.08. The first-order valence-electron chi connectivity index (χ1n) is 5.63. The van der Waals surface area contributed by atoms with E-state index in [2.05, 4.69) is 16.3 Å². The molecular formula is C12H10N4OS. The van der Waals surface area contributed by atoms with Crippen LogP contribution in [0.3, 0.4) is 0 Å². The minimum atomic E-state index is 0.0370. The number of nitrogens with zero attached hydrogens (tertiary/aromatic N) is 2. The van der Waals surface area contributed by atoms with Crippen LogP contribution in [-0.4, -0.2) is 19.8 Å². The summed E-state index contributed by atoms with van der Waals surface area (Å²) in [4.78, 5) is 0. The van der Waals surface area contributed by atoms with E-state index in [4.69, 9.17) is 22.7 Å². The van der Waals surface area contributed by atoms with Crippen molar-refractivity contribution in [3.8, 4) is 5.88 Å². The summed E-state index contributed by atoms with van der Waals surface area (Å²) in [6.45, 7) is 1.98. The quantitative estimate of drug-likeness (QED) is 0.703. The average Bonchev–Trinajstić information content (AvgIpc) is 2.98.